The molecule has 0 saturated carbocycles. The molecule has 1 N–H and O–H groups in total. The molecule has 1 aromatic rings. The van der Waals surface area contributed by atoms with Crippen molar-refractivity contribution < 1.29 is 4.74 Å². The van der Waals surface area contributed by atoms with Gasteiger partial charge in [0.05, 0.1) is 5.60 Å². The van der Waals surface area contributed by atoms with E-state index in [0.717, 1.165) is 26.0 Å². The summed E-state index contributed by atoms with van der Waals surface area (Å²) < 4.78 is 6.02. The lowest BCUT2D eigenvalue weighted by molar-refractivity contribution is -0.0110. The molecule has 1 heterocycles. The Labute approximate surface area is 117 Å². The van der Waals surface area contributed by atoms with Gasteiger partial charge in [-0.05, 0) is 63.3 Å². The largest absolute Gasteiger partial charge is 0.374 e. The monoisotopic (exact) mass is 261 g/mol. The van der Waals surface area contributed by atoms with E-state index in [0.29, 0.717) is 6.04 Å². The summed E-state index contributed by atoms with van der Waals surface area (Å²) in [6, 6.07) is 7.20. The standard InChI is InChI=1S/C17H27NO/c1-5-18-16(17(4)9-6-10-19-17)12-15-8-7-13(2)14(3)11-15/h7-8,11,16,18H,5-6,9-10,12H2,1-4H3. The van der Waals surface area contributed by atoms with Gasteiger partial charge in [0.15, 0.2) is 0 Å². The van der Waals surface area contributed by atoms with Crippen molar-refractivity contribution in [3.63, 3.8) is 0 Å². The molecule has 1 aliphatic rings. The zero-order chi connectivity index (χ0) is 13.9. The van der Waals surface area contributed by atoms with Crippen LogP contribution in [0.15, 0.2) is 18.2 Å². The van der Waals surface area contributed by atoms with E-state index in [2.05, 4.69) is 51.2 Å². The van der Waals surface area contributed by atoms with Crippen molar-refractivity contribution in [1.82, 2.24) is 5.32 Å². The van der Waals surface area contributed by atoms with E-state index in [-0.39, 0.29) is 5.60 Å². The van der Waals surface area contributed by atoms with Crippen molar-refractivity contribution in [2.75, 3.05) is 13.2 Å². The molecule has 0 aromatic heterocycles. The molecule has 0 aliphatic carbocycles. The van der Waals surface area contributed by atoms with Crippen molar-refractivity contribution in [3.05, 3.63) is 34.9 Å². The number of hydrogen-bond acceptors (Lipinski definition) is 2. The summed E-state index contributed by atoms with van der Waals surface area (Å²) in [4.78, 5) is 0. The third-order valence-corrected chi connectivity index (χ3v) is 4.45. The van der Waals surface area contributed by atoms with Crippen LogP contribution in [0.5, 0.6) is 0 Å². The molecule has 1 aromatic carbocycles. The highest BCUT2D eigenvalue weighted by Gasteiger charge is 2.37. The first-order valence-corrected chi connectivity index (χ1v) is 7.48. The van der Waals surface area contributed by atoms with E-state index in [1.807, 2.05) is 0 Å². The average Bonchev–Trinajstić information content (AvgIpc) is 2.81. The van der Waals surface area contributed by atoms with Gasteiger partial charge in [0.2, 0.25) is 0 Å². The second-order valence-electron chi connectivity index (χ2n) is 6.00. The number of aryl methyl sites for hydroxylation is 2. The van der Waals surface area contributed by atoms with E-state index in [9.17, 15) is 0 Å². The van der Waals surface area contributed by atoms with Gasteiger partial charge in [-0.25, -0.2) is 0 Å². The second-order valence-corrected chi connectivity index (χ2v) is 6.00. The molecule has 106 valence electrons. The van der Waals surface area contributed by atoms with E-state index < -0.39 is 0 Å². The first kappa shape index (κ1) is 14.5. The summed E-state index contributed by atoms with van der Waals surface area (Å²) in [6.07, 6.45) is 3.40. The maximum Gasteiger partial charge on any atom is 0.0810 e. The molecule has 1 aliphatic heterocycles. The highest BCUT2D eigenvalue weighted by molar-refractivity contribution is 5.30. The summed E-state index contributed by atoms with van der Waals surface area (Å²) in [7, 11) is 0. The van der Waals surface area contributed by atoms with Crippen LogP contribution in [0, 0.1) is 13.8 Å². The molecule has 2 rings (SSSR count). The molecule has 0 bridgehead atoms. The number of rotatable bonds is 5. The van der Waals surface area contributed by atoms with Gasteiger partial charge in [-0.3, -0.25) is 0 Å². The van der Waals surface area contributed by atoms with Gasteiger partial charge in [0.25, 0.3) is 0 Å². The zero-order valence-electron chi connectivity index (χ0n) is 12.8. The molecule has 19 heavy (non-hydrogen) atoms. The predicted octanol–water partition coefficient (Wildman–Crippen LogP) is 3.39. The number of ether oxygens (including phenoxy) is 1. The fourth-order valence-electron chi connectivity index (χ4n) is 2.99. The van der Waals surface area contributed by atoms with E-state index in [1.54, 1.807) is 0 Å². The zero-order valence-corrected chi connectivity index (χ0v) is 12.8. The van der Waals surface area contributed by atoms with Gasteiger partial charge in [-0.1, -0.05) is 25.1 Å². The van der Waals surface area contributed by atoms with Gasteiger partial charge in [0, 0.05) is 12.6 Å². The van der Waals surface area contributed by atoms with Gasteiger partial charge < -0.3 is 10.1 Å². The summed E-state index contributed by atoms with van der Waals surface area (Å²) >= 11 is 0. The quantitative estimate of drug-likeness (QED) is 0.877. The minimum atomic E-state index is -0.00516. The molecule has 2 atom stereocenters. The van der Waals surface area contributed by atoms with Crippen LogP contribution in [0.1, 0.15) is 43.4 Å². The van der Waals surface area contributed by atoms with Crippen molar-refractivity contribution in [3.8, 4) is 0 Å². The molecule has 0 amide bonds. The van der Waals surface area contributed by atoms with Crippen LogP contribution in [-0.4, -0.2) is 24.8 Å². The Morgan fingerprint density at radius 2 is 2.11 bits per heavy atom. The van der Waals surface area contributed by atoms with Gasteiger partial charge in [-0.15, -0.1) is 0 Å². The van der Waals surface area contributed by atoms with Gasteiger partial charge in [-0.2, -0.15) is 0 Å². The molecule has 2 heteroatoms. The molecule has 2 nitrogen and oxygen atoms in total. The molecule has 2 unspecified atom stereocenters. The fourth-order valence-corrected chi connectivity index (χ4v) is 2.99. The van der Waals surface area contributed by atoms with Crippen LogP contribution in [0.25, 0.3) is 0 Å². The van der Waals surface area contributed by atoms with Gasteiger partial charge >= 0.3 is 0 Å². The lowest BCUT2D eigenvalue weighted by atomic mass is 9.87. The third-order valence-electron chi connectivity index (χ3n) is 4.45. The van der Waals surface area contributed by atoms with Crippen LogP contribution < -0.4 is 5.32 Å². The maximum absolute atomic E-state index is 6.02. The van der Waals surface area contributed by atoms with Crippen molar-refractivity contribution >= 4 is 0 Å². The highest BCUT2D eigenvalue weighted by atomic mass is 16.5. The lowest BCUT2D eigenvalue weighted by Crippen LogP contribution is -2.49. The Kier molecular flexibility index (Phi) is 4.64. The Morgan fingerprint density at radius 1 is 1.32 bits per heavy atom. The SMILES string of the molecule is CCNC(Cc1ccc(C)c(C)c1)C1(C)CCCO1. The normalized spacial score (nSPS) is 24.6. The average molecular weight is 261 g/mol. The number of benzene rings is 1. The minimum Gasteiger partial charge on any atom is -0.374 e. The van der Waals surface area contributed by atoms with Crippen molar-refractivity contribution in [2.45, 2.75) is 58.6 Å². The van der Waals surface area contributed by atoms with Crippen LogP contribution in [-0.2, 0) is 11.2 Å². The summed E-state index contributed by atoms with van der Waals surface area (Å²) in [6.45, 7) is 10.7. The number of nitrogens with one attached hydrogen (secondary N) is 1. The Bertz CT molecular complexity index is 421. The van der Waals surface area contributed by atoms with Crippen LogP contribution in [0.2, 0.25) is 0 Å². The van der Waals surface area contributed by atoms with E-state index in [4.69, 9.17) is 4.74 Å². The highest BCUT2D eigenvalue weighted by Crippen LogP contribution is 2.30. The predicted molar refractivity (Wildman–Crippen MR) is 80.7 cm³/mol. The van der Waals surface area contributed by atoms with E-state index in [1.165, 1.54) is 23.1 Å². The maximum atomic E-state index is 6.02. The van der Waals surface area contributed by atoms with E-state index >= 15 is 0 Å². The second kappa shape index (κ2) is 6.06. The Hall–Kier alpha value is -0.860. The topological polar surface area (TPSA) is 21.3 Å². The smallest absolute Gasteiger partial charge is 0.0810 e. The van der Waals surface area contributed by atoms with Crippen LogP contribution in [0.3, 0.4) is 0 Å². The molecule has 1 fully saturated rings. The molecular formula is C17H27NO. The summed E-state index contributed by atoms with van der Waals surface area (Å²) in [5, 5.41) is 3.62. The molecule has 0 spiro atoms. The summed E-state index contributed by atoms with van der Waals surface area (Å²) in [5.74, 6) is 0. The van der Waals surface area contributed by atoms with Crippen molar-refractivity contribution in [1.29, 1.82) is 0 Å². The van der Waals surface area contributed by atoms with Gasteiger partial charge in [0.1, 0.15) is 0 Å². The first-order chi connectivity index (χ1) is 9.05. The fraction of sp³-hybridized carbons (Fsp3) is 0.647. The first-order valence-electron chi connectivity index (χ1n) is 7.48. The third kappa shape index (κ3) is 3.37. The number of hydrogen-bond donors (Lipinski definition) is 1. The van der Waals surface area contributed by atoms with Crippen molar-refractivity contribution in [2.24, 2.45) is 0 Å². The Balaban J connectivity index is 2.13. The van der Waals surface area contributed by atoms with Crippen LogP contribution in [0.4, 0.5) is 0 Å². The summed E-state index contributed by atoms with van der Waals surface area (Å²) in [5.41, 5.74) is 4.15. The molecular weight excluding hydrogens is 234 g/mol. The number of likely N-dealkylation sites (N-methyl/N-ethyl adjacent to an activating group) is 1. The molecule has 0 radical (unpaired) electrons. The molecule has 1 saturated heterocycles. The van der Waals surface area contributed by atoms with Crippen LogP contribution >= 0.6 is 0 Å². The lowest BCUT2D eigenvalue weighted by Gasteiger charge is -2.34. The minimum absolute atomic E-state index is 0.00516. The Morgan fingerprint density at radius 3 is 2.68 bits per heavy atom.